The van der Waals surface area contributed by atoms with Crippen LogP contribution in [0.4, 0.5) is 9.59 Å². The van der Waals surface area contributed by atoms with Crippen molar-refractivity contribution in [1.29, 1.82) is 0 Å². The van der Waals surface area contributed by atoms with E-state index in [2.05, 4.69) is 5.32 Å². The molecule has 2 aromatic rings. The summed E-state index contributed by atoms with van der Waals surface area (Å²) in [6, 6.07) is 10.5. The van der Waals surface area contributed by atoms with Crippen molar-refractivity contribution in [3.63, 3.8) is 0 Å². The maximum Gasteiger partial charge on any atom is 0.410 e. The van der Waals surface area contributed by atoms with Crippen molar-refractivity contribution < 1.29 is 42.9 Å². The molecular formula is C40H54Cl4N4O9. The number of nitrogens with zero attached hydrogens (tertiary/aromatic N) is 2. The Morgan fingerprint density at radius 2 is 1.28 bits per heavy atom. The molecule has 1 atom stereocenters. The van der Waals surface area contributed by atoms with Crippen LogP contribution < -0.4 is 11.1 Å². The lowest BCUT2D eigenvalue weighted by molar-refractivity contribution is -0.153. The van der Waals surface area contributed by atoms with Gasteiger partial charge >= 0.3 is 24.1 Å². The van der Waals surface area contributed by atoms with Gasteiger partial charge in [0.1, 0.15) is 17.1 Å². The number of nitrogens with two attached hydrogens (primary N) is 1. The smallest absolute Gasteiger partial charge is 0.410 e. The number of hydrogen-bond donors (Lipinski definition) is 2. The molecular weight excluding hydrogens is 822 g/mol. The Labute approximate surface area is 355 Å². The summed E-state index contributed by atoms with van der Waals surface area (Å²) in [6.45, 7) is 16.4. The number of benzene rings is 2. The van der Waals surface area contributed by atoms with Crippen molar-refractivity contribution in [1.82, 2.24) is 15.1 Å². The van der Waals surface area contributed by atoms with Crippen LogP contribution in [0.3, 0.4) is 0 Å². The SMILES string of the molecule is CCOC(=O)C1=C(NCc2ccc(Cl)cc2Cl)CCN(C(=O)OC(C)(C)C)C1.CCOC(=O)C1CN(C(=O)OC(C)(C)C)CCC1=O.NCc1ccc(Cl)cc1Cl. The topological polar surface area (TPSA) is 167 Å². The van der Waals surface area contributed by atoms with Gasteiger partial charge in [0.05, 0.1) is 25.3 Å². The van der Waals surface area contributed by atoms with Crippen LogP contribution in [0.2, 0.25) is 20.1 Å². The van der Waals surface area contributed by atoms with Crippen molar-refractivity contribution in [3.8, 4) is 0 Å². The fourth-order valence-electron chi connectivity index (χ4n) is 5.17. The van der Waals surface area contributed by atoms with Crippen LogP contribution in [0.25, 0.3) is 0 Å². The molecule has 2 aliphatic rings. The largest absolute Gasteiger partial charge is 0.465 e. The highest BCUT2D eigenvalue weighted by Crippen LogP contribution is 2.25. The first-order valence-electron chi connectivity index (χ1n) is 18.4. The molecule has 57 heavy (non-hydrogen) atoms. The number of halogens is 4. The monoisotopic (exact) mass is 874 g/mol. The van der Waals surface area contributed by atoms with Crippen molar-refractivity contribution >= 4 is 76.3 Å². The Balaban J connectivity index is 0.000000331. The van der Waals surface area contributed by atoms with Gasteiger partial charge in [-0.05, 0) is 90.8 Å². The van der Waals surface area contributed by atoms with E-state index in [1.165, 1.54) is 9.80 Å². The van der Waals surface area contributed by atoms with Crippen molar-refractivity contribution in [2.24, 2.45) is 11.7 Å². The van der Waals surface area contributed by atoms with Crippen molar-refractivity contribution in [2.45, 2.75) is 92.5 Å². The average molecular weight is 877 g/mol. The molecule has 1 fully saturated rings. The van der Waals surface area contributed by atoms with E-state index in [9.17, 15) is 24.0 Å². The number of likely N-dealkylation sites (tertiary alicyclic amines) is 1. The number of rotatable bonds is 8. The molecule has 17 heteroatoms. The third-order valence-corrected chi connectivity index (χ3v) is 9.08. The molecule has 1 saturated heterocycles. The number of carbonyl (C=O) groups is 5. The summed E-state index contributed by atoms with van der Waals surface area (Å²) in [5.41, 5.74) is 7.11. The first-order chi connectivity index (χ1) is 26.6. The number of hydrogen-bond acceptors (Lipinski definition) is 11. The number of amides is 2. The molecule has 13 nitrogen and oxygen atoms in total. The average Bonchev–Trinajstić information content (AvgIpc) is 3.11. The van der Waals surface area contributed by atoms with E-state index in [0.29, 0.717) is 51.7 Å². The molecule has 0 spiro atoms. The lowest BCUT2D eigenvalue weighted by Gasteiger charge is -2.32. The fraction of sp³-hybridized carbons (Fsp3) is 0.525. The molecule has 316 valence electrons. The van der Waals surface area contributed by atoms with E-state index < -0.39 is 41.2 Å². The zero-order valence-electron chi connectivity index (χ0n) is 33.8. The molecule has 1 unspecified atom stereocenters. The van der Waals surface area contributed by atoms with E-state index in [0.717, 1.165) is 16.8 Å². The van der Waals surface area contributed by atoms with Crippen LogP contribution in [0.5, 0.6) is 0 Å². The Morgan fingerprint density at radius 1 is 0.772 bits per heavy atom. The van der Waals surface area contributed by atoms with Gasteiger partial charge in [0.2, 0.25) is 0 Å². The van der Waals surface area contributed by atoms with Crippen LogP contribution in [-0.2, 0) is 46.4 Å². The van der Waals surface area contributed by atoms with Gasteiger partial charge in [-0.15, -0.1) is 0 Å². The standard InChI is InChI=1S/C20H26Cl2N2O4.C13H21NO5.C7H7Cl2N/c1-5-27-18(25)15-12-24(19(26)28-20(2,3)4)9-8-17(15)23-11-13-6-7-14(21)10-16(13)22;1-5-18-11(16)9-8-14(7-6-10(9)15)12(17)19-13(2,3)4;8-6-2-1-5(4-10)7(9)3-6/h6-7,10,23H,5,8-9,11-12H2,1-4H3;9H,5-8H2,1-4H3;1-3H,4,10H2. The van der Waals surface area contributed by atoms with Gasteiger partial charge in [-0.25, -0.2) is 14.4 Å². The Bertz CT molecular complexity index is 1760. The number of nitrogens with one attached hydrogen (secondary N) is 1. The molecule has 0 aliphatic carbocycles. The zero-order chi connectivity index (χ0) is 43.1. The summed E-state index contributed by atoms with van der Waals surface area (Å²) in [4.78, 5) is 62.9. The molecule has 2 aromatic carbocycles. The third kappa shape index (κ3) is 17.3. The second-order valence-corrected chi connectivity index (χ2v) is 16.5. The molecule has 0 aromatic heterocycles. The van der Waals surface area contributed by atoms with E-state index in [1.807, 2.05) is 12.1 Å². The number of piperidine rings is 1. The van der Waals surface area contributed by atoms with Crippen LogP contribution in [-0.4, -0.2) is 90.3 Å². The lowest BCUT2D eigenvalue weighted by atomic mass is 9.97. The number of ketones is 1. The Hall–Kier alpha value is -3.75. The van der Waals surface area contributed by atoms with Gasteiger partial charge < -0.3 is 39.8 Å². The number of carbonyl (C=O) groups excluding carboxylic acids is 5. The molecule has 2 aliphatic heterocycles. The Morgan fingerprint density at radius 3 is 1.77 bits per heavy atom. The van der Waals surface area contributed by atoms with Gasteiger partial charge in [-0.2, -0.15) is 0 Å². The predicted octanol–water partition coefficient (Wildman–Crippen LogP) is 8.37. The molecule has 0 bridgehead atoms. The summed E-state index contributed by atoms with van der Waals surface area (Å²) in [5.74, 6) is -2.08. The second kappa shape index (κ2) is 23.0. The van der Waals surface area contributed by atoms with Crippen molar-refractivity contribution in [2.75, 3.05) is 39.4 Å². The van der Waals surface area contributed by atoms with Crippen molar-refractivity contribution in [3.05, 3.63) is 78.9 Å². The molecule has 4 rings (SSSR count). The van der Waals surface area contributed by atoms with Gasteiger partial charge in [0.15, 0.2) is 5.78 Å². The minimum absolute atomic E-state index is 0.0343. The zero-order valence-corrected chi connectivity index (χ0v) is 36.8. The molecule has 2 amide bonds. The minimum atomic E-state index is -0.888. The summed E-state index contributed by atoms with van der Waals surface area (Å²) >= 11 is 23.6. The maximum atomic E-state index is 12.4. The highest BCUT2D eigenvalue weighted by Gasteiger charge is 2.37. The molecule has 3 N–H and O–H groups in total. The predicted molar refractivity (Wildman–Crippen MR) is 221 cm³/mol. The Kier molecular flexibility index (Phi) is 19.9. The van der Waals surface area contributed by atoms with E-state index in [-0.39, 0.29) is 45.1 Å². The van der Waals surface area contributed by atoms with Gasteiger partial charge in [0.25, 0.3) is 0 Å². The van der Waals surface area contributed by atoms with Crippen LogP contribution in [0.1, 0.15) is 79.4 Å². The number of ether oxygens (including phenoxy) is 4. The first-order valence-corrected chi connectivity index (χ1v) is 20.0. The van der Waals surface area contributed by atoms with E-state index >= 15 is 0 Å². The first kappa shape index (κ1) is 49.4. The van der Waals surface area contributed by atoms with Crippen LogP contribution >= 0.6 is 46.4 Å². The quantitative estimate of drug-likeness (QED) is 0.149. The highest BCUT2D eigenvalue weighted by molar-refractivity contribution is 6.35. The van der Waals surface area contributed by atoms with Crippen LogP contribution in [0.15, 0.2) is 47.7 Å². The number of esters is 2. The summed E-state index contributed by atoms with van der Waals surface area (Å²) < 4.78 is 20.7. The highest BCUT2D eigenvalue weighted by atomic mass is 35.5. The molecule has 0 radical (unpaired) electrons. The third-order valence-electron chi connectivity index (χ3n) is 7.90. The van der Waals surface area contributed by atoms with E-state index in [4.69, 9.17) is 71.1 Å². The van der Waals surface area contributed by atoms with Crippen LogP contribution in [0, 0.1) is 5.92 Å². The van der Waals surface area contributed by atoms with E-state index in [1.54, 1.807) is 79.7 Å². The fourth-order valence-corrected chi connectivity index (χ4v) is 6.14. The maximum absolute atomic E-state index is 12.4. The minimum Gasteiger partial charge on any atom is -0.465 e. The number of Topliss-reactive ketones (excluding diaryl/α,β-unsaturated/α-hetero) is 1. The normalized spacial score (nSPS) is 15.7. The van der Waals surface area contributed by atoms with Gasteiger partial charge in [-0.1, -0.05) is 58.5 Å². The second-order valence-electron chi connectivity index (χ2n) is 14.8. The summed E-state index contributed by atoms with van der Waals surface area (Å²) in [7, 11) is 0. The van der Waals surface area contributed by atoms with Gasteiger partial charge in [-0.3, -0.25) is 9.59 Å². The lowest BCUT2D eigenvalue weighted by Crippen LogP contribution is -2.48. The molecule has 0 saturated carbocycles. The summed E-state index contributed by atoms with van der Waals surface area (Å²) in [6.07, 6.45) is -0.315. The summed E-state index contributed by atoms with van der Waals surface area (Å²) in [5, 5.41) is 5.65. The molecule has 2 heterocycles. The van der Waals surface area contributed by atoms with Gasteiger partial charge in [0, 0.05) is 71.4 Å².